The molecule has 0 bridgehead atoms. The number of alkyl halides is 1. The summed E-state index contributed by atoms with van der Waals surface area (Å²) in [7, 11) is 2.14. The zero-order chi connectivity index (χ0) is 23.8. The molecule has 4 aliphatic rings. The van der Waals surface area contributed by atoms with Crippen molar-refractivity contribution in [3.8, 4) is 0 Å². The summed E-state index contributed by atoms with van der Waals surface area (Å²) in [5.74, 6) is 0.250. The van der Waals surface area contributed by atoms with Crippen LogP contribution < -0.4 is 10.2 Å². The van der Waals surface area contributed by atoms with Gasteiger partial charge in [0.05, 0.1) is 24.1 Å². The minimum Gasteiger partial charge on any atom is -0.374 e. The third-order valence-corrected chi connectivity index (χ3v) is 8.65. The summed E-state index contributed by atoms with van der Waals surface area (Å²) < 4.78 is 5.88. The Balaban J connectivity index is 1.29. The summed E-state index contributed by atoms with van der Waals surface area (Å²) in [4.78, 5) is 33.7. The van der Waals surface area contributed by atoms with E-state index in [9.17, 15) is 9.59 Å². The van der Waals surface area contributed by atoms with Crippen LogP contribution in [0.1, 0.15) is 43.0 Å². The molecule has 5 rings (SSSR count). The molecule has 3 aliphatic heterocycles. The van der Waals surface area contributed by atoms with Gasteiger partial charge in [-0.2, -0.15) is 0 Å². The third kappa shape index (κ3) is 4.67. The standard InChI is InChI=1S/C26H37ClN4O3/c1-17-16-34-24-21(27)15-31(23(17)24)26(33)22(18-5-3-4-6-18)28-25(32)19-7-9-20(10-8-19)30-13-11-29(2)12-14-30/h7-10,17-18,21-24H,3-6,11-16H2,1-2H3,(H,28,32)/t17-,21-,22-,23+,24+/m0/s1. The van der Waals surface area contributed by atoms with Crippen molar-refractivity contribution in [2.75, 3.05) is 51.3 Å². The number of amides is 2. The SMILES string of the molecule is C[C@H]1CO[C@H]2[C@@H]1N(C(=O)[C@@H](NC(=O)c1ccc(N3CCN(C)CC3)cc1)C1CCCC1)C[C@@H]2Cl. The zero-order valence-corrected chi connectivity index (χ0v) is 21.0. The van der Waals surface area contributed by atoms with Crippen molar-refractivity contribution in [1.29, 1.82) is 0 Å². The molecule has 3 heterocycles. The zero-order valence-electron chi connectivity index (χ0n) is 20.3. The quantitative estimate of drug-likeness (QED) is 0.645. The molecule has 0 spiro atoms. The highest BCUT2D eigenvalue weighted by Crippen LogP contribution is 2.37. The number of ether oxygens (including phenoxy) is 1. The van der Waals surface area contributed by atoms with E-state index in [-0.39, 0.29) is 41.2 Å². The Labute approximate surface area is 207 Å². The number of anilines is 1. The van der Waals surface area contributed by atoms with Gasteiger partial charge in [0.1, 0.15) is 6.04 Å². The monoisotopic (exact) mass is 488 g/mol. The predicted molar refractivity (Wildman–Crippen MR) is 133 cm³/mol. The van der Waals surface area contributed by atoms with Crippen molar-refractivity contribution in [2.45, 2.75) is 56.2 Å². The number of hydrogen-bond acceptors (Lipinski definition) is 5. The third-order valence-electron chi connectivity index (χ3n) is 8.26. The van der Waals surface area contributed by atoms with E-state index in [4.69, 9.17) is 16.3 Å². The first-order valence-corrected chi connectivity index (χ1v) is 13.3. The molecule has 1 aromatic rings. The molecule has 186 valence electrons. The molecule has 2 amide bonds. The van der Waals surface area contributed by atoms with Crippen LogP contribution in [0.5, 0.6) is 0 Å². The van der Waals surface area contributed by atoms with Crippen LogP contribution in [0, 0.1) is 11.8 Å². The Bertz CT molecular complexity index is 883. The summed E-state index contributed by atoms with van der Waals surface area (Å²) in [6, 6.07) is 7.29. The van der Waals surface area contributed by atoms with Gasteiger partial charge in [-0.15, -0.1) is 11.6 Å². The first kappa shape index (κ1) is 23.9. The highest BCUT2D eigenvalue weighted by molar-refractivity contribution is 6.21. The second-order valence-electron chi connectivity index (χ2n) is 10.6. The number of carbonyl (C=O) groups excluding carboxylic acids is 2. The minimum absolute atomic E-state index is 0.00123. The van der Waals surface area contributed by atoms with E-state index in [0.717, 1.165) is 57.5 Å². The Morgan fingerprint density at radius 3 is 2.44 bits per heavy atom. The van der Waals surface area contributed by atoms with Crippen molar-refractivity contribution < 1.29 is 14.3 Å². The van der Waals surface area contributed by atoms with Crippen LogP contribution in [0.3, 0.4) is 0 Å². The van der Waals surface area contributed by atoms with Crippen LogP contribution in [0.4, 0.5) is 5.69 Å². The first-order valence-electron chi connectivity index (χ1n) is 12.8. The van der Waals surface area contributed by atoms with Crippen molar-refractivity contribution in [1.82, 2.24) is 15.1 Å². The van der Waals surface area contributed by atoms with E-state index in [1.54, 1.807) is 0 Å². The molecule has 1 saturated carbocycles. The Morgan fingerprint density at radius 1 is 1.09 bits per heavy atom. The van der Waals surface area contributed by atoms with Gasteiger partial charge in [0.15, 0.2) is 0 Å². The summed E-state index contributed by atoms with van der Waals surface area (Å²) in [5.41, 5.74) is 1.74. The molecular formula is C26H37ClN4O3. The Hall–Kier alpha value is -1.83. The largest absolute Gasteiger partial charge is 0.374 e. The molecule has 7 nitrogen and oxygen atoms in total. The van der Waals surface area contributed by atoms with Gasteiger partial charge in [0.2, 0.25) is 5.91 Å². The first-order chi connectivity index (χ1) is 16.4. The van der Waals surface area contributed by atoms with Crippen LogP contribution in [0.2, 0.25) is 0 Å². The minimum atomic E-state index is -0.511. The molecule has 8 heteroatoms. The van der Waals surface area contributed by atoms with Crippen molar-refractivity contribution in [2.24, 2.45) is 11.8 Å². The fraction of sp³-hybridized carbons (Fsp3) is 0.692. The van der Waals surface area contributed by atoms with Crippen molar-refractivity contribution in [3.63, 3.8) is 0 Å². The molecule has 34 heavy (non-hydrogen) atoms. The number of likely N-dealkylation sites (N-methyl/N-ethyl adjacent to an activating group) is 1. The van der Waals surface area contributed by atoms with Gasteiger partial charge in [-0.3, -0.25) is 9.59 Å². The lowest BCUT2D eigenvalue weighted by molar-refractivity contribution is -0.136. The number of fused-ring (bicyclic) bond motifs is 1. The Morgan fingerprint density at radius 2 is 1.76 bits per heavy atom. The average molecular weight is 489 g/mol. The molecule has 0 radical (unpaired) electrons. The highest BCUT2D eigenvalue weighted by Gasteiger charge is 2.52. The number of benzene rings is 1. The number of piperazine rings is 1. The van der Waals surface area contributed by atoms with Crippen LogP contribution in [0.15, 0.2) is 24.3 Å². The lowest BCUT2D eigenvalue weighted by Gasteiger charge is -2.34. The maximum Gasteiger partial charge on any atom is 0.251 e. The molecule has 0 unspecified atom stereocenters. The van der Waals surface area contributed by atoms with Crippen molar-refractivity contribution in [3.05, 3.63) is 29.8 Å². The van der Waals surface area contributed by atoms with Gasteiger partial charge >= 0.3 is 0 Å². The number of nitrogens with zero attached hydrogens (tertiary/aromatic N) is 3. The smallest absolute Gasteiger partial charge is 0.251 e. The number of nitrogens with one attached hydrogen (secondary N) is 1. The average Bonchev–Trinajstić information content (AvgIpc) is 3.58. The van der Waals surface area contributed by atoms with Gasteiger partial charge in [-0.25, -0.2) is 0 Å². The van der Waals surface area contributed by atoms with Crippen LogP contribution in [0.25, 0.3) is 0 Å². The van der Waals surface area contributed by atoms with E-state index in [1.807, 2.05) is 29.2 Å². The molecule has 4 fully saturated rings. The second kappa shape index (κ2) is 10.0. The van der Waals surface area contributed by atoms with Gasteiger partial charge in [0.25, 0.3) is 5.91 Å². The molecule has 1 aromatic carbocycles. The van der Waals surface area contributed by atoms with Crippen LogP contribution in [-0.4, -0.2) is 91.6 Å². The maximum atomic E-state index is 13.8. The van der Waals surface area contributed by atoms with E-state index < -0.39 is 6.04 Å². The van der Waals surface area contributed by atoms with Gasteiger partial charge in [0, 0.05) is 49.9 Å². The van der Waals surface area contributed by atoms with Crippen molar-refractivity contribution >= 4 is 29.1 Å². The van der Waals surface area contributed by atoms with Crippen LogP contribution in [-0.2, 0) is 9.53 Å². The summed E-state index contributed by atoms with van der Waals surface area (Å²) >= 11 is 6.56. The normalized spacial score (nSPS) is 31.0. The number of hydrogen-bond donors (Lipinski definition) is 1. The summed E-state index contributed by atoms with van der Waals surface area (Å²) in [6.07, 6.45) is 4.04. The number of likely N-dealkylation sites (tertiary alicyclic amines) is 1. The molecule has 5 atom stereocenters. The highest BCUT2D eigenvalue weighted by atomic mass is 35.5. The van der Waals surface area contributed by atoms with Gasteiger partial charge in [-0.1, -0.05) is 19.8 Å². The van der Waals surface area contributed by atoms with E-state index in [0.29, 0.717) is 18.7 Å². The molecular weight excluding hydrogens is 452 g/mol. The van der Waals surface area contributed by atoms with E-state index in [2.05, 4.69) is 29.1 Å². The second-order valence-corrected chi connectivity index (χ2v) is 11.2. The van der Waals surface area contributed by atoms with E-state index >= 15 is 0 Å². The molecule has 1 aliphatic carbocycles. The van der Waals surface area contributed by atoms with E-state index in [1.165, 1.54) is 0 Å². The topological polar surface area (TPSA) is 65.1 Å². The van der Waals surface area contributed by atoms with Crippen LogP contribution >= 0.6 is 11.6 Å². The lowest BCUT2D eigenvalue weighted by atomic mass is 9.94. The van der Waals surface area contributed by atoms with Gasteiger partial charge in [-0.05, 0) is 50.1 Å². The maximum absolute atomic E-state index is 13.8. The Kier molecular flexibility index (Phi) is 7.05. The number of rotatable bonds is 5. The molecule has 3 saturated heterocycles. The summed E-state index contributed by atoms with van der Waals surface area (Å²) in [5, 5.41) is 2.94. The predicted octanol–water partition coefficient (Wildman–Crippen LogP) is 2.58. The molecule has 1 N–H and O–H groups in total. The number of carbonyl (C=O) groups is 2. The van der Waals surface area contributed by atoms with Gasteiger partial charge < -0.3 is 24.8 Å². The fourth-order valence-corrected chi connectivity index (χ4v) is 6.57. The fourth-order valence-electron chi connectivity index (χ4n) is 6.20. The number of halogens is 1. The molecule has 0 aromatic heterocycles. The summed E-state index contributed by atoms with van der Waals surface area (Å²) in [6.45, 7) is 7.29. The lowest BCUT2D eigenvalue weighted by Crippen LogP contribution is -2.54.